The molecule has 0 atom stereocenters. The van der Waals surface area contributed by atoms with Crippen LogP contribution in [0.1, 0.15) is 37.4 Å². The van der Waals surface area contributed by atoms with Crippen molar-refractivity contribution in [2.75, 3.05) is 19.5 Å². The number of aryl methyl sites for hydroxylation is 2. The normalized spacial score (nSPS) is 10.2. The van der Waals surface area contributed by atoms with Crippen molar-refractivity contribution in [3.8, 4) is 0 Å². The third-order valence-electron chi connectivity index (χ3n) is 3.97. The predicted octanol–water partition coefficient (Wildman–Crippen LogP) is 3.06. The number of amides is 1. The molecule has 1 amide bonds. The molecular weight excluding hydrogens is 334 g/mol. The Kier molecular flexibility index (Phi) is 6.11. The van der Waals surface area contributed by atoms with Crippen LogP contribution in [0.15, 0.2) is 36.4 Å². The van der Waals surface area contributed by atoms with Crippen molar-refractivity contribution in [1.29, 1.82) is 0 Å². The third kappa shape index (κ3) is 4.47. The SMILES string of the molecule is COC(=O)c1ccc(C(=O)OC)c(NC(=O)Cc2ccc(C)cc2C)c1. The molecule has 0 aromatic heterocycles. The maximum Gasteiger partial charge on any atom is 0.339 e. The number of nitrogens with one attached hydrogen (secondary N) is 1. The van der Waals surface area contributed by atoms with Gasteiger partial charge in [0.2, 0.25) is 5.91 Å². The monoisotopic (exact) mass is 355 g/mol. The number of carbonyl (C=O) groups excluding carboxylic acids is 3. The van der Waals surface area contributed by atoms with Crippen LogP contribution >= 0.6 is 0 Å². The lowest BCUT2D eigenvalue weighted by Crippen LogP contribution is -2.18. The van der Waals surface area contributed by atoms with E-state index in [1.54, 1.807) is 0 Å². The van der Waals surface area contributed by atoms with E-state index in [0.29, 0.717) is 0 Å². The highest BCUT2D eigenvalue weighted by Crippen LogP contribution is 2.20. The lowest BCUT2D eigenvalue weighted by molar-refractivity contribution is -0.115. The predicted molar refractivity (Wildman–Crippen MR) is 97.4 cm³/mol. The van der Waals surface area contributed by atoms with Crippen LogP contribution in [0, 0.1) is 13.8 Å². The van der Waals surface area contributed by atoms with E-state index >= 15 is 0 Å². The fraction of sp³-hybridized carbons (Fsp3) is 0.250. The Balaban J connectivity index is 2.28. The molecule has 2 aromatic carbocycles. The molecule has 0 unspecified atom stereocenters. The smallest absolute Gasteiger partial charge is 0.339 e. The molecule has 2 rings (SSSR count). The van der Waals surface area contributed by atoms with Gasteiger partial charge in [-0.1, -0.05) is 23.8 Å². The van der Waals surface area contributed by atoms with Gasteiger partial charge in [0, 0.05) is 0 Å². The Morgan fingerprint density at radius 3 is 2.23 bits per heavy atom. The number of hydrogen-bond acceptors (Lipinski definition) is 5. The first-order valence-corrected chi connectivity index (χ1v) is 8.02. The minimum Gasteiger partial charge on any atom is -0.465 e. The van der Waals surface area contributed by atoms with E-state index in [1.165, 1.54) is 32.4 Å². The Labute approximate surface area is 152 Å². The molecule has 0 fully saturated rings. The average Bonchev–Trinajstić information content (AvgIpc) is 2.62. The number of carbonyl (C=O) groups is 3. The lowest BCUT2D eigenvalue weighted by Gasteiger charge is -2.12. The molecule has 0 aliphatic carbocycles. The maximum absolute atomic E-state index is 12.5. The van der Waals surface area contributed by atoms with Crippen molar-refractivity contribution >= 4 is 23.5 Å². The van der Waals surface area contributed by atoms with Crippen LogP contribution in [0.4, 0.5) is 5.69 Å². The molecule has 1 N–H and O–H groups in total. The number of esters is 2. The molecule has 0 aliphatic heterocycles. The van der Waals surface area contributed by atoms with E-state index in [9.17, 15) is 14.4 Å². The van der Waals surface area contributed by atoms with E-state index in [2.05, 4.69) is 10.1 Å². The number of hydrogen-bond donors (Lipinski definition) is 1. The molecule has 0 bridgehead atoms. The molecule has 26 heavy (non-hydrogen) atoms. The first kappa shape index (κ1) is 19.2. The Morgan fingerprint density at radius 2 is 1.62 bits per heavy atom. The van der Waals surface area contributed by atoms with Gasteiger partial charge in [-0.05, 0) is 43.2 Å². The van der Waals surface area contributed by atoms with Crippen molar-refractivity contribution in [1.82, 2.24) is 0 Å². The van der Waals surface area contributed by atoms with Gasteiger partial charge in [-0.15, -0.1) is 0 Å². The second-order valence-electron chi connectivity index (χ2n) is 5.90. The number of benzene rings is 2. The number of ether oxygens (including phenoxy) is 2. The van der Waals surface area contributed by atoms with Gasteiger partial charge in [0.05, 0.1) is 37.5 Å². The zero-order valence-corrected chi connectivity index (χ0v) is 15.2. The van der Waals surface area contributed by atoms with Crippen LogP contribution in [0.3, 0.4) is 0 Å². The van der Waals surface area contributed by atoms with Gasteiger partial charge in [-0.25, -0.2) is 9.59 Å². The molecule has 0 aliphatic rings. The molecule has 136 valence electrons. The number of methoxy groups -OCH3 is 2. The van der Waals surface area contributed by atoms with E-state index in [1.807, 2.05) is 32.0 Å². The van der Waals surface area contributed by atoms with Gasteiger partial charge < -0.3 is 14.8 Å². The van der Waals surface area contributed by atoms with Crippen LogP contribution in [-0.2, 0) is 20.7 Å². The van der Waals surface area contributed by atoms with Gasteiger partial charge in [0.15, 0.2) is 0 Å². The molecule has 0 saturated heterocycles. The van der Waals surface area contributed by atoms with Crippen molar-refractivity contribution in [2.24, 2.45) is 0 Å². The Hall–Kier alpha value is -3.15. The summed E-state index contributed by atoms with van der Waals surface area (Å²) in [5.41, 5.74) is 3.60. The third-order valence-corrected chi connectivity index (χ3v) is 3.97. The molecule has 0 spiro atoms. The second kappa shape index (κ2) is 8.29. The summed E-state index contributed by atoms with van der Waals surface area (Å²) >= 11 is 0. The quantitative estimate of drug-likeness (QED) is 0.834. The van der Waals surface area contributed by atoms with Gasteiger partial charge in [-0.2, -0.15) is 0 Å². The van der Waals surface area contributed by atoms with E-state index in [0.717, 1.165) is 16.7 Å². The zero-order chi connectivity index (χ0) is 19.3. The summed E-state index contributed by atoms with van der Waals surface area (Å²) in [6, 6.07) is 10.1. The van der Waals surface area contributed by atoms with Crippen molar-refractivity contribution in [3.63, 3.8) is 0 Å². The summed E-state index contributed by atoms with van der Waals surface area (Å²) in [6.07, 6.45) is 0.148. The molecule has 0 heterocycles. The Bertz CT molecular complexity index is 857. The lowest BCUT2D eigenvalue weighted by atomic mass is 10.0. The minimum absolute atomic E-state index is 0.148. The summed E-state index contributed by atoms with van der Waals surface area (Å²) in [4.78, 5) is 36.1. The van der Waals surface area contributed by atoms with Crippen LogP contribution < -0.4 is 5.32 Å². The van der Waals surface area contributed by atoms with Crippen LogP contribution in [-0.4, -0.2) is 32.1 Å². The van der Waals surface area contributed by atoms with Crippen LogP contribution in [0.2, 0.25) is 0 Å². The number of anilines is 1. The highest BCUT2D eigenvalue weighted by Gasteiger charge is 2.17. The highest BCUT2D eigenvalue weighted by molar-refractivity contribution is 6.03. The minimum atomic E-state index is -0.608. The average molecular weight is 355 g/mol. The van der Waals surface area contributed by atoms with Crippen LogP contribution in [0.25, 0.3) is 0 Å². The summed E-state index contributed by atoms with van der Waals surface area (Å²) in [7, 11) is 2.51. The first-order valence-electron chi connectivity index (χ1n) is 8.02. The largest absolute Gasteiger partial charge is 0.465 e. The van der Waals surface area contributed by atoms with E-state index < -0.39 is 11.9 Å². The van der Waals surface area contributed by atoms with Gasteiger partial charge >= 0.3 is 11.9 Å². The summed E-state index contributed by atoms with van der Waals surface area (Å²) in [5, 5.41) is 2.69. The standard InChI is InChI=1S/C20H21NO5/c1-12-5-6-14(13(2)9-12)11-18(22)21-17-10-15(19(23)25-3)7-8-16(17)20(24)26-4/h5-10H,11H2,1-4H3,(H,21,22). The second-order valence-corrected chi connectivity index (χ2v) is 5.90. The summed E-state index contributed by atoms with van der Waals surface area (Å²) in [5.74, 6) is -1.47. The van der Waals surface area contributed by atoms with Crippen molar-refractivity contribution < 1.29 is 23.9 Å². The van der Waals surface area contributed by atoms with Crippen LogP contribution in [0.5, 0.6) is 0 Å². The number of rotatable bonds is 5. The van der Waals surface area contributed by atoms with Gasteiger partial charge in [0.1, 0.15) is 0 Å². The molecular formula is C20H21NO5. The molecule has 0 radical (unpaired) electrons. The van der Waals surface area contributed by atoms with E-state index in [4.69, 9.17) is 4.74 Å². The molecule has 6 heteroatoms. The first-order chi connectivity index (χ1) is 12.3. The fourth-order valence-electron chi connectivity index (χ4n) is 2.59. The summed E-state index contributed by atoms with van der Waals surface area (Å²) in [6.45, 7) is 3.92. The topological polar surface area (TPSA) is 81.7 Å². The van der Waals surface area contributed by atoms with Gasteiger partial charge in [0.25, 0.3) is 0 Å². The fourth-order valence-corrected chi connectivity index (χ4v) is 2.59. The van der Waals surface area contributed by atoms with Crippen molar-refractivity contribution in [3.05, 3.63) is 64.2 Å². The van der Waals surface area contributed by atoms with E-state index in [-0.39, 0.29) is 29.1 Å². The van der Waals surface area contributed by atoms with Gasteiger partial charge in [-0.3, -0.25) is 4.79 Å². The molecule has 6 nitrogen and oxygen atoms in total. The Morgan fingerprint density at radius 1 is 0.923 bits per heavy atom. The van der Waals surface area contributed by atoms with Crippen molar-refractivity contribution in [2.45, 2.75) is 20.3 Å². The molecule has 2 aromatic rings. The maximum atomic E-state index is 12.5. The summed E-state index contributed by atoms with van der Waals surface area (Å²) < 4.78 is 9.41. The molecule has 0 saturated carbocycles. The highest BCUT2D eigenvalue weighted by atomic mass is 16.5. The zero-order valence-electron chi connectivity index (χ0n) is 15.2.